The molecule has 1 aromatic heterocycles. The number of aromatic nitrogens is 1. The second-order valence-corrected chi connectivity index (χ2v) is 4.19. The van der Waals surface area contributed by atoms with E-state index in [1.807, 2.05) is 31.1 Å². The minimum Gasteiger partial charge on any atom is -0.487 e. The standard InChI is InChI=1S/C12H18N2O/c1-4-9-5-8-11(15-10-6-7-10)12(13-9)14(2)3/h5,8,10H,4,6-7H2,1-3H3. The smallest absolute Gasteiger partial charge is 0.171 e. The summed E-state index contributed by atoms with van der Waals surface area (Å²) in [6.45, 7) is 2.11. The molecule has 15 heavy (non-hydrogen) atoms. The topological polar surface area (TPSA) is 25.4 Å². The molecule has 0 aliphatic heterocycles. The lowest BCUT2D eigenvalue weighted by Crippen LogP contribution is -2.14. The molecule has 1 aromatic rings. The van der Waals surface area contributed by atoms with Gasteiger partial charge in [0.15, 0.2) is 11.6 Å². The zero-order valence-electron chi connectivity index (χ0n) is 9.66. The lowest BCUT2D eigenvalue weighted by Gasteiger charge is -2.17. The third kappa shape index (κ3) is 2.41. The van der Waals surface area contributed by atoms with Crippen LogP contribution in [0.5, 0.6) is 5.75 Å². The van der Waals surface area contributed by atoms with E-state index in [2.05, 4.69) is 11.9 Å². The normalized spacial score (nSPS) is 15.1. The Balaban J connectivity index is 2.25. The van der Waals surface area contributed by atoms with Crippen molar-refractivity contribution in [2.24, 2.45) is 0 Å². The van der Waals surface area contributed by atoms with E-state index in [0.29, 0.717) is 6.10 Å². The molecule has 3 nitrogen and oxygen atoms in total. The highest BCUT2D eigenvalue weighted by molar-refractivity contribution is 5.52. The molecule has 0 N–H and O–H groups in total. The van der Waals surface area contributed by atoms with Gasteiger partial charge in [-0.25, -0.2) is 4.98 Å². The second kappa shape index (κ2) is 4.09. The fraction of sp³-hybridized carbons (Fsp3) is 0.583. The molecule has 0 atom stereocenters. The van der Waals surface area contributed by atoms with Crippen molar-refractivity contribution in [2.45, 2.75) is 32.3 Å². The van der Waals surface area contributed by atoms with Crippen LogP contribution >= 0.6 is 0 Å². The molecule has 1 fully saturated rings. The summed E-state index contributed by atoms with van der Waals surface area (Å²) in [5.41, 5.74) is 1.11. The second-order valence-electron chi connectivity index (χ2n) is 4.19. The number of rotatable bonds is 4. The predicted molar refractivity (Wildman–Crippen MR) is 61.6 cm³/mol. The van der Waals surface area contributed by atoms with Crippen molar-refractivity contribution in [1.82, 2.24) is 4.98 Å². The third-order valence-electron chi connectivity index (χ3n) is 2.50. The first-order valence-electron chi connectivity index (χ1n) is 5.54. The van der Waals surface area contributed by atoms with Gasteiger partial charge in [0.1, 0.15) is 0 Å². The molecule has 0 bridgehead atoms. The minimum atomic E-state index is 0.429. The average molecular weight is 206 g/mol. The van der Waals surface area contributed by atoms with Crippen LogP contribution in [0.1, 0.15) is 25.5 Å². The van der Waals surface area contributed by atoms with Crippen LogP contribution in [0.3, 0.4) is 0 Å². The van der Waals surface area contributed by atoms with Gasteiger partial charge in [-0.05, 0) is 31.4 Å². The lowest BCUT2D eigenvalue weighted by molar-refractivity contribution is 0.302. The van der Waals surface area contributed by atoms with Crippen LogP contribution in [0.4, 0.5) is 5.82 Å². The number of hydrogen-bond donors (Lipinski definition) is 0. The molecule has 1 saturated carbocycles. The third-order valence-corrected chi connectivity index (χ3v) is 2.50. The van der Waals surface area contributed by atoms with Crippen molar-refractivity contribution in [1.29, 1.82) is 0 Å². The van der Waals surface area contributed by atoms with Crippen molar-refractivity contribution in [3.05, 3.63) is 17.8 Å². The molecule has 0 amide bonds. The number of hydrogen-bond acceptors (Lipinski definition) is 3. The van der Waals surface area contributed by atoms with E-state index in [1.54, 1.807) is 0 Å². The maximum atomic E-state index is 5.81. The van der Waals surface area contributed by atoms with Crippen LogP contribution in [-0.4, -0.2) is 25.2 Å². The van der Waals surface area contributed by atoms with Crippen molar-refractivity contribution < 1.29 is 4.74 Å². The first-order valence-corrected chi connectivity index (χ1v) is 5.54. The molecule has 82 valence electrons. The molecule has 2 rings (SSSR count). The Morgan fingerprint density at radius 3 is 2.67 bits per heavy atom. The largest absolute Gasteiger partial charge is 0.487 e. The van der Waals surface area contributed by atoms with Gasteiger partial charge in [-0.3, -0.25) is 0 Å². The van der Waals surface area contributed by atoms with Crippen LogP contribution < -0.4 is 9.64 Å². The highest BCUT2D eigenvalue weighted by atomic mass is 16.5. The lowest BCUT2D eigenvalue weighted by atomic mass is 10.3. The summed E-state index contributed by atoms with van der Waals surface area (Å²) in [4.78, 5) is 6.58. The summed E-state index contributed by atoms with van der Waals surface area (Å²) in [5, 5.41) is 0. The summed E-state index contributed by atoms with van der Waals surface area (Å²) < 4.78 is 5.81. The Labute approximate surface area is 91.1 Å². The van der Waals surface area contributed by atoms with Gasteiger partial charge in [-0.1, -0.05) is 6.92 Å². The number of nitrogens with zero attached hydrogens (tertiary/aromatic N) is 2. The molecular weight excluding hydrogens is 188 g/mol. The summed E-state index contributed by atoms with van der Waals surface area (Å²) in [6, 6.07) is 4.09. The SMILES string of the molecule is CCc1ccc(OC2CC2)c(N(C)C)n1. The highest BCUT2D eigenvalue weighted by Gasteiger charge is 2.25. The predicted octanol–water partition coefficient (Wildman–Crippen LogP) is 2.25. The fourth-order valence-electron chi connectivity index (χ4n) is 1.45. The fourth-order valence-corrected chi connectivity index (χ4v) is 1.45. The maximum Gasteiger partial charge on any atom is 0.171 e. The van der Waals surface area contributed by atoms with Gasteiger partial charge >= 0.3 is 0 Å². The molecule has 0 unspecified atom stereocenters. The maximum absolute atomic E-state index is 5.81. The zero-order chi connectivity index (χ0) is 10.8. The molecule has 0 aromatic carbocycles. The molecular formula is C12H18N2O. The van der Waals surface area contributed by atoms with Gasteiger partial charge in [-0.2, -0.15) is 0 Å². The molecule has 1 aliphatic rings. The Morgan fingerprint density at radius 1 is 1.40 bits per heavy atom. The Kier molecular flexibility index (Phi) is 2.80. The number of pyridine rings is 1. The van der Waals surface area contributed by atoms with Crippen molar-refractivity contribution >= 4 is 5.82 Å². The number of anilines is 1. The zero-order valence-corrected chi connectivity index (χ0v) is 9.66. The molecule has 1 heterocycles. The van der Waals surface area contributed by atoms with E-state index in [1.165, 1.54) is 12.8 Å². The van der Waals surface area contributed by atoms with Crippen molar-refractivity contribution in [3.63, 3.8) is 0 Å². The summed E-state index contributed by atoms with van der Waals surface area (Å²) >= 11 is 0. The first-order chi connectivity index (χ1) is 7.20. The molecule has 1 aliphatic carbocycles. The van der Waals surface area contributed by atoms with E-state index in [4.69, 9.17) is 4.74 Å². The summed E-state index contributed by atoms with van der Waals surface area (Å²) in [7, 11) is 4.00. The Hall–Kier alpha value is -1.25. The summed E-state index contributed by atoms with van der Waals surface area (Å²) in [5.74, 6) is 1.86. The van der Waals surface area contributed by atoms with Gasteiger partial charge in [0, 0.05) is 19.8 Å². The van der Waals surface area contributed by atoms with E-state index in [-0.39, 0.29) is 0 Å². The monoisotopic (exact) mass is 206 g/mol. The van der Waals surface area contributed by atoms with Gasteiger partial charge in [-0.15, -0.1) is 0 Å². The van der Waals surface area contributed by atoms with E-state index in [0.717, 1.165) is 23.7 Å². The van der Waals surface area contributed by atoms with Crippen LogP contribution in [-0.2, 0) is 6.42 Å². The highest BCUT2D eigenvalue weighted by Crippen LogP contribution is 2.32. The van der Waals surface area contributed by atoms with Gasteiger partial charge in [0.25, 0.3) is 0 Å². The van der Waals surface area contributed by atoms with Gasteiger partial charge < -0.3 is 9.64 Å². The first kappa shape index (κ1) is 10.3. The molecule has 0 saturated heterocycles. The molecule has 0 spiro atoms. The van der Waals surface area contributed by atoms with Crippen molar-refractivity contribution in [2.75, 3.05) is 19.0 Å². The van der Waals surface area contributed by atoms with E-state index in [9.17, 15) is 0 Å². The van der Waals surface area contributed by atoms with Gasteiger partial charge in [0.2, 0.25) is 0 Å². The van der Waals surface area contributed by atoms with Crippen LogP contribution in [0.2, 0.25) is 0 Å². The van der Waals surface area contributed by atoms with Crippen LogP contribution in [0, 0.1) is 0 Å². The molecule has 0 radical (unpaired) electrons. The molecule has 3 heteroatoms. The average Bonchev–Trinajstić information content (AvgIpc) is 3.02. The Morgan fingerprint density at radius 2 is 2.13 bits per heavy atom. The quantitative estimate of drug-likeness (QED) is 0.755. The Bertz CT molecular complexity index is 345. The van der Waals surface area contributed by atoms with Crippen LogP contribution in [0.25, 0.3) is 0 Å². The minimum absolute atomic E-state index is 0.429. The van der Waals surface area contributed by atoms with Crippen LogP contribution in [0.15, 0.2) is 12.1 Å². The summed E-state index contributed by atoms with van der Waals surface area (Å²) in [6.07, 6.45) is 3.76. The van der Waals surface area contributed by atoms with Crippen molar-refractivity contribution in [3.8, 4) is 5.75 Å². The number of ether oxygens (including phenoxy) is 1. The van der Waals surface area contributed by atoms with Gasteiger partial charge in [0.05, 0.1) is 6.10 Å². The number of aryl methyl sites for hydroxylation is 1. The van der Waals surface area contributed by atoms with E-state index >= 15 is 0 Å². The van der Waals surface area contributed by atoms with E-state index < -0.39 is 0 Å².